The van der Waals surface area contributed by atoms with Crippen molar-refractivity contribution in [2.45, 2.75) is 26.8 Å². The smallest absolute Gasteiger partial charge is 0.311 e. The minimum absolute atomic E-state index is 0.0929. The molecule has 2 aromatic rings. The summed E-state index contributed by atoms with van der Waals surface area (Å²) in [6.45, 7) is 4.53. The van der Waals surface area contributed by atoms with Crippen LogP contribution in [-0.4, -0.2) is 27.4 Å². The minimum Gasteiger partial charge on any atom is -0.481 e. The van der Waals surface area contributed by atoms with E-state index < -0.39 is 11.4 Å². The maximum absolute atomic E-state index is 11.4. The summed E-state index contributed by atoms with van der Waals surface area (Å²) in [7, 11) is 0. The van der Waals surface area contributed by atoms with E-state index in [-0.39, 0.29) is 6.54 Å². The van der Waals surface area contributed by atoms with Gasteiger partial charge in [0.05, 0.1) is 16.6 Å². The molecule has 5 nitrogen and oxygen atoms in total. The fourth-order valence-corrected chi connectivity index (χ4v) is 2.17. The van der Waals surface area contributed by atoms with Gasteiger partial charge in [-0.1, -0.05) is 18.2 Å². The fourth-order valence-electron chi connectivity index (χ4n) is 2.17. The van der Waals surface area contributed by atoms with Gasteiger partial charge in [-0.3, -0.25) is 9.48 Å². The Morgan fingerprint density at radius 1 is 1.47 bits per heavy atom. The standard InChI is InChI=1S/C14H19N3O2/c1-3-17-12-7-5-4-6-10(12)11(16-17)8-14(2,9-15)13(18)19/h4-7H,3,8-9,15H2,1-2H3,(H,18,19). The van der Waals surface area contributed by atoms with Gasteiger partial charge < -0.3 is 10.8 Å². The van der Waals surface area contributed by atoms with Crippen molar-refractivity contribution in [3.63, 3.8) is 0 Å². The van der Waals surface area contributed by atoms with Crippen molar-refractivity contribution in [3.05, 3.63) is 30.0 Å². The Morgan fingerprint density at radius 3 is 2.74 bits per heavy atom. The zero-order valence-corrected chi connectivity index (χ0v) is 11.3. The molecule has 2 rings (SSSR count). The van der Waals surface area contributed by atoms with Gasteiger partial charge in [0, 0.05) is 24.9 Å². The quantitative estimate of drug-likeness (QED) is 0.857. The van der Waals surface area contributed by atoms with Crippen LogP contribution >= 0.6 is 0 Å². The predicted octanol–water partition coefficient (Wildman–Crippen LogP) is 1.65. The van der Waals surface area contributed by atoms with Gasteiger partial charge in [0.1, 0.15) is 0 Å². The minimum atomic E-state index is -0.976. The first kappa shape index (κ1) is 13.5. The van der Waals surface area contributed by atoms with Crippen molar-refractivity contribution in [2.75, 3.05) is 6.54 Å². The van der Waals surface area contributed by atoms with Gasteiger partial charge in [-0.25, -0.2) is 0 Å². The Morgan fingerprint density at radius 2 is 2.16 bits per heavy atom. The molecule has 3 N–H and O–H groups in total. The number of carboxylic acid groups (broad SMARTS) is 1. The highest BCUT2D eigenvalue weighted by molar-refractivity contribution is 5.83. The molecule has 1 atom stereocenters. The number of para-hydroxylation sites is 1. The number of benzene rings is 1. The van der Waals surface area contributed by atoms with Crippen LogP contribution in [0.3, 0.4) is 0 Å². The second-order valence-electron chi connectivity index (χ2n) is 5.03. The largest absolute Gasteiger partial charge is 0.481 e. The summed E-state index contributed by atoms with van der Waals surface area (Å²) in [5.41, 5.74) is 6.48. The second kappa shape index (κ2) is 5.01. The number of carbonyl (C=O) groups is 1. The second-order valence-corrected chi connectivity index (χ2v) is 5.03. The van der Waals surface area contributed by atoms with E-state index >= 15 is 0 Å². The molecule has 19 heavy (non-hydrogen) atoms. The number of hydrogen-bond donors (Lipinski definition) is 2. The molecule has 0 spiro atoms. The molecular formula is C14H19N3O2. The molecule has 0 aliphatic rings. The first-order valence-corrected chi connectivity index (χ1v) is 6.39. The number of nitrogens with zero attached hydrogens (tertiary/aromatic N) is 2. The van der Waals surface area contributed by atoms with Crippen LogP contribution in [0, 0.1) is 5.41 Å². The third-order valence-corrected chi connectivity index (χ3v) is 3.56. The highest BCUT2D eigenvalue weighted by Gasteiger charge is 2.33. The molecule has 0 aliphatic carbocycles. The Balaban J connectivity index is 2.49. The fraction of sp³-hybridized carbons (Fsp3) is 0.429. The van der Waals surface area contributed by atoms with Crippen molar-refractivity contribution >= 4 is 16.9 Å². The van der Waals surface area contributed by atoms with Crippen LogP contribution in [0.25, 0.3) is 10.9 Å². The molecule has 0 amide bonds. The molecule has 0 radical (unpaired) electrons. The van der Waals surface area contributed by atoms with Crippen LogP contribution in [0.2, 0.25) is 0 Å². The molecule has 0 saturated heterocycles. The molecule has 1 aromatic carbocycles. The van der Waals surface area contributed by atoms with Crippen LogP contribution in [-0.2, 0) is 17.8 Å². The van der Waals surface area contributed by atoms with E-state index in [0.717, 1.165) is 23.1 Å². The van der Waals surface area contributed by atoms with E-state index in [2.05, 4.69) is 5.10 Å². The van der Waals surface area contributed by atoms with Gasteiger partial charge in [-0.05, 0) is 19.9 Å². The molecule has 0 bridgehead atoms. The predicted molar refractivity (Wildman–Crippen MR) is 73.9 cm³/mol. The molecule has 0 fully saturated rings. The van der Waals surface area contributed by atoms with Gasteiger partial charge >= 0.3 is 5.97 Å². The van der Waals surface area contributed by atoms with Gasteiger partial charge in [-0.2, -0.15) is 5.10 Å². The summed E-state index contributed by atoms with van der Waals surface area (Å²) in [4.78, 5) is 11.4. The van der Waals surface area contributed by atoms with Crippen LogP contribution < -0.4 is 5.73 Å². The van der Waals surface area contributed by atoms with Crippen LogP contribution in [0.1, 0.15) is 19.5 Å². The number of aromatic nitrogens is 2. The van der Waals surface area contributed by atoms with Gasteiger partial charge in [-0.15, -0.1) is 0 Å². The van der Waals surface area contributed by atoms with Crippen molar-refractivity contribution in [3.8, 4) is 0 Å². The van der Waals surface area contributed by atoms with E-state index in [0.29, 0.717) is 6.42 Å². The number of nitrogens with two attached hydrogens (primary N) is 1. The normalized spacial score (nSPS) is 14.5. The number of hydrogen-bond acceptors (Lipinski definition) is 3. The summed E-state index contributed by atoms with van der Waals surface area (Å²) in [6, 6.07) is 7.87. The van der Waals surface area contributed by atoms with E-state index in [4.69, 9.17) is 5.73 Å². The van der Waals surface area contributed by atoms with Crippen LogP contribution in [0.15, 0.2) is 24.3 Å². The summed E-state index contributed by atoms with van der Waals surface area (Å²) in [5.74, 6) is -0.884. The Hall–Kier alpha value is -1.88. The summed E-state index contributed by atoms with van der Waals surface area (Å²) in [5, 5.41) is 14.8. The zero-order valence-electron chi connectivity index (χ0n) is 11.3. The zero-order chi connectivity index (χ0) is 14.0. The Labute approximate surface area is 112 Å². The molecule has 0 aliphatic heterocycles. The number of fused-ring (bicyclic) bond motifs is 1. The number of carboxylic acids is 1. The molecule has 1 heterocycles. The maximum Gasteiger partial charge on any atom is 0.311 e. The maximum atomic E-state index is 11.4. The Bertz CT molecular complexity index is 606. The molecule has 102 valence electrons. The van der Waals surface area contributed by atoms with E-state index in [1.165, 1.54) is 0 Å². The van der Waals surface area contributed by atoms with Gasteiger partial charge in [0.15, 0.2) is 0 Å². The molecule has 1 unspecified atom stereocenters. The SMILES string of the molecule is CCn1nc(CC(C)(CN)C(=O)O)c2ccccc21. The number of rotatable bonds is 5. The summed E-state index contributed by atoms with van der Waals surface area (Å²) < 4.78 is 1.89. The summed E-state index contributed by atoms with van der Waals surface area (Å²) in [6.07, 6.45) is 0.340. The highest BCUT2D eigenvalue weighted by atomic mass is 16.4. The highest BCUT2D eigenvalue weighted by Crippen LogP contribution is 2.26. The van der Waals surface area contributed by atoms with E-state index in [1.54, 1.807) is 6.92 Å². The van der Waals surface area contributed by atoms with Crippen LogP contribution in [0.4, 0.5) is 0 Å². The molecule has 5 heteroatoms. The van der Waals surface area contributed by atoms with E-state index in [1.807, 2.05) is 35.9 Å². The Kier molecular flexibility index (Phi) is 3.57. The number of aryl methyl sites for hydroxylation is 1. The molecule has 0 saturated carbocycles. The van der Waals surface area contributed by atoms with Crippen LogP contribution in [0.5, 0.6) is 0 Å². The third kappa shape index (κ3) is 2.33. The third-order valence-electron chi connectivity index (χ3n) is 3.56. The van der Waals surface area contributed by atoms with E-state index in [9.17, 15) is 9.90 Å². The van der Waals surface area contributed by atoms with Gasteiger partial charge in [0.2, 0.25) is 0 Å². The van der Waals surface area contributed by atoms with Crippen molar-refractivity contribution in [1.29, 1.82) is 0 Å². The number of aliphatic carboxylic acids is 1. The van der Waals surface area contributed by atoms with Gasteiger partial charge in [0.25, 0.3) is 0 Å². The van der Waals surface area contributed by atoms with Crippen molar-refractivity contribution in [1.82, 2.24) is 9.78 Å². The monoisotopic (exact) mass is 261 g/mol. The lowest BCUT2D eigenvalue weighted by atomic mass is 9.85. The van der Waals surface area contributed by atoms with Crippen molar-refractivity contribution in [2.24, 2.45) is 11.1 Å². The topological polar surface area (TPSA) is 81.1 Å². The average molecular weight is 261 g/mol. The van der Waals surface area contributed by atoms with Crippen molar-refractivity contribution < 1.29 is 9.90 Å². The lowest BCUT2D eigenvalue weighted by Crippen LogP contribution is -2.37. The molecule has 1 aromatic heterocycles. The first-order valence-electron chi connectivity index (χ1n) is 6.39. The summed E-state index contributed by atoms with van der Waals surface area (Å²) >= 11 is 0. The average Bonchev–Trinajstić information content (AvgIpc) is 2.76. The lowest BCUT2D eigenvalue weighted by Gasteiger charge is -2.21. The molecular weight excluding hydrogens is 242 g/mol. The first-order chi connectivity index (χ1) is 9.01. The lowest BCUT2D eigenvalue weighted by molar-refractivity contribution is -0.147.